The van der Waals surface area contributed by atoms with Gasteiger partial charge in [-0.15, -0.1) is 0 Å². The fraction of sp³-hybridized carbons (Fsp3) is 0.435. The molecule has 0 aromatic heterocycles. The van der Waals surface area contributed by atoms with Crippen LogP contribution in [0, 0.1) is 5.82 Å². The number of anilines is 2. The highest BCUT2D eigenvalue weighted by Crippen LogP contribution is 2.31. The van der Waals surface area contributed by atoms with Gasteiger partial charge in [0.15, 0.2) is 0 Å². The zero-order valence-corrected chi connectivity index (χ0v) is 18.7. The van der Waals surface area contributed by atoms with Gasteiger partial charge in [0.1, 0.15) is 5.82 Å². The Hall–Kier alpha value is -2.61. The van der Waals surface area contributed by atoms with Gasteiger partial charge < -0.3 is 9.80 Å². The summed E-state index contributed by atoms with van der Waals surface area (Å²) in [6.07, 6.45) is 4.41. The minimum Gasteiger partial charge on any atom is -0.371 e. The Kier molecular flexibility index (Phi) is 5.92. The van der Waals surface area contributed by atoms with Crippen LogP contribution in [-0.2, 0) is 16.4 Å². The van der Waals surface area contributed by atoms with E-state index in [9.17, 15) is 17.6 Å². The number of fused-ring (bicyclic) bond motifs is 1. The molecule has 0 bridgehead atoms. The van der Waals surface area contributed by atoms with Gasteiger partial charge in [0.2, 0.25) is 10.0 Å². The highest BCUT2D eigenvalue weighted by Gasteiger charge is 2.28. The molecule has 0 radical (unpaired) electrons. The van der Waals surface area contributed by atoms with Gasteiger partial charge in [0.25, 0.3) is 5.91 Å². The van der Waals surface area contributed by atoms with Crippen molar-refractivity contribution in [2.75, 3.05) is 42.1 Å². The van der Waals surface area contributed by atoms with Gasteiger partial charge in [0, 0.05) is 44.0 Å². The molecular formula is C23H28FN3O3S. The summed E-state index contributed by atoms with van der Waals surface area (Å²) in [6.45, 7) is 2.09. The van der Waals surface area contributed by atoms with Gasteiger partial charge >= 0.3 is 0 Å². The summed E-state index contributed by atoms with van der Waals surface area (Å²) in [6, 6.07) is 12.0. The van der Waals surface area contributed by atoms with Crippen molar-refractivity contribution in [1.29, 1.82) is 0 Å². The molecule has 0 saturated carbocycles. The number of carbonyl (C=O) groups excluding carboxylic acids is 1. The van der Waals surface area contributed by atoms with Crippen LogP contribution in [0.1, 0.15) is 35.2 Å². The summed E-state index contributed by atoms with van der Waals surface area (Å²) in [7, 11) is -1.49. The molecule has 0 unspecified atom stereocenters. The predicted molar refractivity (Wildman–Crippen MR) is 121 cm³/mol. The van der Waals surface area contributed by atoms with Crippen molar-refractivity contribution in [2.24, 2.45) is 0 Å². The molecule has 0 spiro atoms. The standard InChI is InChI=1S/C23H28FN3O3S/c1-25(20-11-14-26(15-12-20)21-8-6-19(24)7-9-21)23(28)18-5-10-22-17(16-18)4-3-13-27(22)31(2,29)30/h5-10,16,20H,3-4,11-15H2,1-2H3. The number of piperidine rings is 1. The SMILES string of the molecule is CN(C(=O)c1ccc2c(c1)CCCN2S(C)(=O)=O)C1CCN(c2ccc(F)cc2)CC1. The van der Waals surface area contributed by atoms with E-state index in [0.29, 0.717) is 17.8 Å². The molecule has 2 aliphatic rings. The number of hydrogen-bond acceptors (Lipinski definition) is 4. The molecule has 0 atom stereocenters. The summed E-state index contributed by atoms with van der Waals surface area (Å²) in [5.41, 5.74) is 3.18. The normalized spacial score (nSPS) is 17.4. The molecule has 31 heavy (non-hydrogen) atoms. The third kappa shape index (κ3) is 4.54. The van der Waals surface area contributed by atoms with E-state index < -0.39 is 10.0 Å². The third-order valence-corrected chi connectivity index (χ3v) is 7.51. The predicted octanol–water partition coefficient (Wildman–Crippen LogP) is 3.28. The zero-order chi connectivity index (χ0) is 22.2. The first-order valence-electron chi connectivity index (χ1n) is 10.6. The molecule has 8 heteroatoms. The third-order valence-electron chi connectivity index (χ3n) is 6.33. The summed E-state index contributed by atoms with van der Waals surface area (Å²) in [4.78, 5) is 17.2. The number of halogens is 1. The first-order valence-corrected chi connectivity index (χ1v) is 12.5. The first kappa shape index (κ1) is 21.6. The van der Waals surface area contributed by atoms with Gasteiger partial charge in [-0.1, -0.05) is 0 Å². The molecule has 2 aliphatic heterocycles. The van der Waals surface area contributed by atoms with Crippen LogP contribution in [0.2, 0.25) is 0 Å². The number of hydrogen-bond donors (Lipinski definition) is 0. The van der Waals surface area contributed by atoms with Crippen LogP contribution in [-0.4, -0.2) is 58.2 Å². The second-order valence-corrected chi connectivity index (χ2v) is 10.3. The lowest BCUT2D eigenvalue weighted by molar-refractivity contribution is 0.0709. The Morgan fingerprint density at radius 1 is 1.06 bits per heavy atom. The topological polar surface area (TPSA) is 60.9 Å². The van der Waals surface area contributed by atoms with Crippen molar-refractivity contribution in [1.82, 2.24) is 4.90 Å². The lowest BCUT2D eigenvalue weighted by Gasteiger charge is -2.38. The summed E-state index contributed by atoms with van der Waals surface area (Å²) in [5, 5.41) is 0. The maximum absolute atomic E-state index is 13.2. The van der Waals surface area contributed by atoms with E-state index >= 15 is 0 Å². The maximum atomic E-state index is 13.2. The molecule has 2 heterocycles. The lowest BCUT2D eigenvalue weighted by Crippen LogP contribution is -2.45. The smallest absolute Gasteiger partial charge is 0.253 e. The van der Waals surface area contributed by atoms with Crippen LogP contribution < -0.4 is 9.21 Å². The van der Waals surface area contributed by atoms with Crippen molar-refractivity contribution in [3.63, 3.8) is 0 Å². The van der Waals surface area contributed by atoms with Crippen LogP contribution in [0.25, 0.3) is 0 Å². The van der Waals surface area contributed by atoms with Crippen LogP contribution >= 0.6 is 0 Å². The highest BCUT2D eigenvalue weighted by molar-refractivity contribution is 7.92. The Morgan fingerprint density at radius 3 is 2.39 bits per heavy atom. The van der Waals surface area contributed by atoms with Crippen LogP contribution in [0.15, 0.2) is 42.5 Å². The molecule has 166 valence electrons. The minimum absolute atomic E-state index is 0.0421. The average Bonchev–Trinajstić information content (AvgIpc) is 2.77. The Bertz CT molecular complexity index is 1060. The van der Waals surface area contributed by atoms with Crippen molar-refractivity contribution in [3.05, 3.63) is 59.4 Å². The number of benzene rings is 2. The van der Waals surface area contributed by atoms with Gasteiger partial charge in [-0.2, -0.15) is 0 Å². The van der Waals surface area contributed by atoms with Crippen molar-refractivity contribution in [3.8, 4) is 0 Å². The second kappa shape index (κ2) is 8.49. The van der Waals surface area contributed by atoms with Crippen molar-refractivity contribution in [2.45, 2.75) is 31.7 Å². The van der Waals surface area contributed by atoms with Crippen molar-refractivity contribution >= 4 is 27.3 Å². The van der Waals surface area contributed by atoms with E-state index in [1.165, 1.54) is 22.7 Å². The Labute approximate surface area is 183 Å². The number of carbonyl (C=O) groups is 1. The number of aryl methyl sites for hydroxylation is 1. The molecule has 2 aromatic carbocycles. The molecule has 6 nitrogen and oxygen atoms in total. The Morgan fingerprint density at radius 2 is 1.74 bits per heavy atom. The van der Waals surface area contributed by atoms with E-state index in [-0.39, 0.29) is 17.8 Å². The number of amides is 1. The maximum Gasteiger partial charge on any atom is 0.253 e. The highest BCUT2D eigenvalue weighted by atomic mass is 32.2. The molecule has 1 saturated heterocycles. The van der Waals surface area contributed by atoms with E-state index in [2.05, 4.69) is 4.90 Å². The van der Waals surface area contributed by atoms with Gasteiger partial charge in [-0.25, -0.2) is 12.8 Å². The summed E-state index contributed by atoms with van der Waals surface area (Å²) in [5.74, 6) is -0.284. The van der Waals surface area contributed by atoms with Gasteiger partial charge in [-0.05, 0) is 73.7 Å². The van der Waals surface area contributed by atoms with E-state index in [1.807, 2.05) is 13.1 Å². The quantitative estimate of drug-likeness (QED) is 0.725. The fourth-order valence-corrected chi connectivity index (χ4v) is 5.57. The second-order valence-electron chi connectivity index (χ2n) is 8.39. The molecule has 0 N–H and O–H groups in total. The number of nitrogens with zero attached hydrogens (tertiary/aromatic N) is 3. The molecule has 1 fully saturated rings. The van der Waals surface area contributed by atoms with E-state index in [0.717, 1.165) is 50.0 Å². The first-order chi connectivity index (χ1) is 14.7. The zero-order valence-electron chi connectivity index (χ0n) is 17.9. The number of sulfonamides is 1. The number of rotatable bonds is 4. The van der Waals surface area contributed by atoms with Gasteiger partial charge in [-0.3, -0.25) is 9.10 Å². The summed E-state index contributed by atoms with van der Waals surface area (Å²) >= 11 is 0. The largest absolute Gasteiger partial charge is 0.371 e. The van der Waals surface area contributed by atoms with E-state index in [4.69, 9.17) is 0 Å². The average molecular weight is 446 g/mol. The molecule has 4 rings (SSSR count). The molecule has 2 aromatic rings. The molecular weight excluding hydrogens is 417 g/mol. The van der Waals surface area contributed by atoms with E-state index in [1.54, 1.807) is 29.2 Å². The monoisotopic (exact) mass is 445 g/mol. The molecule has 1 amide bonds. The minimum atomic E-state index is -3.32. The van der Waals surface area contributed by atoms with Crippen LogP contribution in [0.4, 0.5) is 15.8 Å². The summed E-state index contributed by atoms with van der Waals surface area (Å²) < 4.78 is 38.7. The van der Waals surface area contributed by atoms with Crippen LogP contribution in [0.3, 0.4) is 0 Å². The van der Waals surface area contributed by atoms with Gasteiger partial charge in [0.05, 0.1) is 11.9 Å². The fourth-order valence-electron chi connectivity index (χ4n) is 4.57. The Balaban J connectivity index is 1.43. The van der Waals surface area contributed by atoms with Crippen molar-refractivity contribution < 1.29 is 17.6 Å². The van der Waals surface area contributed by atoms with Crippen LogP contribution in [0.5, 0.6) is 0 Å². The lowest BCUT2D eigenvalue weighted by atomic mass is 9.98. The molecule has 0 aliphatic carbocycles.